The first-order valence-corrected chi connectivity index (χ1v) is 13.9. The smallest absolute Gasteiger partial charge is 0.337 e. The second-order valence-electron chi connectivity index (χ2n) is 9.74. The fourth-order valence-corrected chi connectivity index (χ4v) is 4.76. The maximum absolute atomic E-state index is 10.2. The number of rotatable bonds is 17. The molecule has 0 aromatic heterocycles. The Morgan fingerprint density at radius 1 is 0.824 bits per heavy atom. The number of hydrogen-bond acceptors (Lipinski definition) is 4. The number of carboxylic acids is 1. The molecule has 0 amide bonds. The molecule has 5 nitrogen and oxygen atoms in total. The Morgan fingerprint density at radius 2 is 1.35 bits per heavy atom. The van der Waals surface area contributed by atoms with E-state index in [0.717, 1.165) is 6.42 Å². The second kappa shape index (κ2) is 20.9. The largest absolute Gasteiger partial charge is 0.479 e. The molecule has 196 valence electrons. The van der Waals surface area contributed by atoms with Gasteiger partial charge in [-0.3, -0.25) is 0 Å². The fraction of sp³-hybridized carbons (Fsp3) is 0.759. The molecule has 0 radical (unpaired) electrons. The number of carbonyl (C=O) groups is 1. The molecule has 1 aromatic rings. The third-order valence-corrected chi connectivity index (χ3v) is 6.86. The Hall–Kier alpha value is -1.43. The minimum absolute atomic E-state index is 0.360. The van der Waals surface area contributed by atoms with Crippen molar-refractivity contribution >= 4 is 5.97 Å². The lowest BCUT2D eigenvalue weighted by molar-refractivity contribution is -0.146. The van der Waals surface area contributed by atoms with Crippen molar-refractivity contribution in [2.24, 2.45) is 0 Å². The maximum atomic E-state index is 10.2. The van der Waals surface area contributed by atoms with Crippen LogP contribution in [0.4, 0.5) is 0 Å². The highest BCUT2D eigenvalue weighted by molar-refractivity contribution is 5.73. The van der Waals surface area contributed by atoms with E-state index in [0.29, 0.717) is 18.2 Å². The Labute approximate surface area is 208 Å². The number of aliphatic carboxylic acids is 1. The highest BCUT2D eigenvalue weighted by Gasteiger charge is 2.19. The van der Waals surface area contributed by atoms with Crippen molar-refractivity contribution in [2.75, 3.05) is 19.7 Å². The third-order valence-electron chi connectivity index (χ3n) is 6.86. The van der Waals surface area contributed by atoms with E-state index in [9.17, 15) is 9.90 Å². The molecule has 0 aliphatic carbocycles. The highest BCUT2D eigenvalue weighted by atomic mass is 16.4. The van der Waals surface area contributed by atoms with Gasteiger partial charge in [0.2, 0.25) is 0 Å². The Balaban J connectivity index is 0.000000437. The van der Waals surface area contributed by atoms with Crippen LogP contribution in [0.5, 0.6) is 0 Å². The minimum Gasteiger partial charge on any atom is -0.479 e. The summed E-state index contributed by atoms with van der Waals surface area (Å²) in [5.74, 6) is -1.23. The van der Waals surface area contributed by atoms with Crippen LogP contribution in [-0.2, 0) is 4.79 Å². The van der Waals surface area contributed by atoms with Gasteiger partial charge in [0.15, 0.2) is 6.10 Å². The monoisotopic (exact) mass is 477 g/mol. The lowest BCUT2D eigenvalue weighted by atomic mass is 9.99. The average molecular weight is 478 g/mol. The summed E-state index contributed by atoms with van der Waals surface area (Å²) in [7, 11) is 0. The molecule has 2 unspecified atom stereocenters. The number of nitrogens with zero attached hydrogens (tertiary/aromatic N) is 1. The van der Waals surface area contributed by atoms with Crippen molar-refractivity contribution in [2.45, 2.75) is 122 Å². The first kappa shape index (κ1) is 30.6. The van der Waals surface area contributed by atoms with E-state index in [4.69, 9.17) is 10.2 Å². The van der Waals surface area contributed by atoms with Crippen LogP contribution in [0.15, 0.2) is 30.3 Å². The van der Waals surface area contributed by atoms with E-state index in [-0.39, 0.29) is 0 Å². The molecule has 1 fully saturated rings. The van der Waals surface area contributed by atoms with Crippen molar-refractivity contribution in [1.82, 2.24) is 4.90 Å². The van der Waals surface area contributed by atoms with Crippen molar-refractivity contribution in [3.63, 3.8) is 0 Å². The van der Waals surface area contributed by atoms with Crippen LogP contribution in [0.1, 0.15) is 121 Å². The van der Waals surface area contributed by atoms with Crippen LogP contribution in [0.2, 0.25) is 0 Å². The molecular weight excluding hydrogens is 426 g/mol. The Bertz CT molecular complexity index is 589. The first-order valence-electron chi connectivity index (χ1n) is 13.9. The summed E-state index contributed by atoms with van der Waals surface area (Å²) in [6, 6.07) is 8.91. The quantitative estimate of drug-likeness (QED) is 0.217. The summed E-state index contributed by atoms with van der Waals surface area (Å²) < 4.78 is 0. The second-order valence-corrected chi connectivity index (χ2v) is 9.74. The summed E-state index contributed by atoms with van der Waals surface area (Å²) in [4.78, 5) is 12.9. The van der Waals surface area contributed by atoms with Crippen molar-refractivity contribution < 1.29 is 20.1 Å². The van der Waals surface area contributed by atoms with Gasteiger partial charge in [-0.15, -0.1) is 0 Å². The standard InChI is InChI=1S/C21H43NO.C8H8O3/c1-2-3-4-5-6-7-8-9-10-11-13-16-21(17-20-23)22-18-14-12-15-19-22;9-7(8(10)11)6-4-2-1-3-5-6/h21,23H,2-20H2,1H3;1-5,7,9H,(H,10,11). The number of hydrogen-bond donors (Lipinski definition) is 3. The van der Waals surface area contributed by atoms with Gasteiger partial charge >= 0.3 is 5.97 Å². The number of aliphatic hydroxyl groups excluding tert-OH is 2. The van der Waals surface area contributed by atoms with E-state index in [1.165, 1.54) is 109 Å². The number of piperidine rings is 1. The van der Waals surface area contributed by atoms with E-state index >= 15 is 0 Å². The molecule has 0 saturated carbocycles. The van der Waals surface area contributed by atoms with E-state index < -0.39 is 12.1 Å². The Morgan fingerprint density at radius 3 is 1.85 bits per heavy atom. The molecule has 0 bridgehead atoms. The molecule has 1 aliphatic rings. The van der Waals surface area contributed by atoms with Gasteiger partial charge in [-0.2, -0.15) is 0 Å². The molecule has 3 N–H and O–H groups in total. The number of aliphatic hydroxyl groups is 2. The van der Waals surface area contributed by atoms with Crippen molar-refractivity contribution in [3.8, 4) is 0 Å². The zero-order chi connectivity index (χ0) is 24.9. The molecule has 1 aromatic carbocycles. The van der Waals surface area contributed by atoms with E-state index in [1.54, 1.807) is 30.3 Å². The van der Waals surface area contributed by atoms with Gasteiger partial charge in [-0.1, -0.05) is 114 Å². The molecule has 5 heteroatoms. The van der Waals surface area contributed by atoms with Gasteiger partial charge < -0.3 is 20.2 Å². The van der Waals surface area contributed by atoms with Gasteiger partial charge in [0, 0.05) is 12.6 Å². The van der Waals surface area contributed by atoms with Crippen LogP contribution >= 0.6 is 0 Å². The van der Waals surface area contributed by atoms with Crippen LogP contribution in [0.25, 0.3) is 0 Å². The normalized spacial score (nSPS) is 15.9. The van der Waals surface area contributed by atoms with E-state index in [2.05, 4.69) is 11.8 Å². The summed E-state index contributed by atoms with van der Waals surface area (Å²) in [5, 5.41) is 26.7. The van der Waals surface area contributed by atoms with Gasteiger partial charge in [0.1, 0.15) is 0 Å². The van der Waals surface area contributed by atoms with Crippen molar-refractivity contribution in [1.29, 1.82) is 0 Å². The SMILES string of the molecule is CCCCCCCCCCCCCC(CCO)N1CCCCC1.O=C(O)C(O)c1ccccc1. The van der Waals surface area contributed by atoms with Gasteiger partial charge in [-0.25, -0.2) is 4.79 Å². The summed E-state index contributed by atoms with van der Waals surface area (Å²) >= 11 is 0. The third kappa shape index (κ3) is 14.7. The van der Waals surface area contributed by atoms with Crippen LogP contribution in [-0.4, -0.2) is 51.9 Å². The molecule has 1 aliphatic heterocycles. The van der Waals surface area contributed by atoms with Crippen LogP contribution < -0.4 is 0 Å². The zero-order valence-corrected chi connectivity index (χ0v) is 21.7. The number of likely N-dealkylation sites (tertiary alicyclic amines) is 1. The number of unbranched alkanes of at least 4 members (excludes halogenated alkanes) is 10. The predicted molar refractivity (Wildman–Crippen MR) is 141 cm³/mol. The molecule has 0 spiro atoms. The predicted octanol–water partition coefficient (Wildman–Crippen LogP) is 6.73. The van der Waals surface area contributed by atoms with Gasteiger partial charge in [0.25, 0.3) is 0 Å². The molecule has 2 atom stereocenters. The minimum atomic E-state index is -1.41. The summed E-state index contributed by atoms with van der Waals surface area (Å²) in [5.41, 5.74) is 0.403. The molecule has 1 heterocycles. The number of carboxylic acid groups (broad SMARTS) is 1. The fourth-order valence-electron chi connectivity index (χ4n) is 4.76. The molecule has 34 heavy (non-hydrogen) atoms. The maximum Gasteiger partial charge on any atom is 0.337 e. The van der Waals surface area contributed by atoms with Crippen LogP contribution in [0, 0.1) is 0 Å². The molecular formula is C29H51NO4. The van der Waals surface area contributed by atoms with Gasteiger partial charge in [0.05, 0.1) is 0 Å². The van der Waals surface area contributed by atoms with Crippen LogP contribution in [0.3, 0.4) is 0 Å². The lowest BCUT2D eigenvalue weighted by Gasteiger charge is -2.34. The number of benzene rings is 1. The van der Waals surface area contributed by atoms with Crippen molar-refractivity contribution in [3.05, 3.63) is 35.9 Å². The first-order chi connectivity index (χ1) is 16.6. The summed E-state index contributed by atoms with van der Waals surface area (Å²) in [6.45, 7) is 5.18. The van der Waals surface area contributed by atoms with Gasteiger partial charge in [-0.05, 0) is 44.3 Å². The molecule has 2 rings (SSSR count). The zero-order valence-electron chi connectivity index (χ0n) is 21.7. The Kier molecular flexibility index (Phi) is 18.8. The summed E-state index contributed by atoms with van der Waals surface area (Å²) in [6.07, 6.45) is 20.6. The lowest BCUT2D eigenvalue weighted by Crippen LogP contribution is -2.39. The van der Waals surface area contributed by atoms with E-state index in [1.807, 2.05) is 0 Å². The molecule has 1 saturated heterocycles. The highest BCUT2D eigenvalue weighted by Crippen LogP contribution is 2.20. The average Bonchev–Trinajstić information content (AvgIpc) is 2.87. The topological polar surface area (TPSA) is 81.0 Å².